The molecule has 0 spiro atoms. The normalized spacial score (nSPS) is 15.3. The van der Waals surface area contributed by atoms with Gasteiger partial charge in [-0.15, -0.1) is 11.6 Å². The molecule has 6 heteroatoms. The molecule has 1 aliphatic heterocycles. The molecule has 2 aromatic rings. The first kappa shape index (κ1) is 17.5. The second kappa shape index (κ2) is 7.31. The lowest BCUT2D eigenvalue weighted by Crippen LogP contribution is -2.34. The molecule has 1 aromatic carbocycles. The number of aromatic amines is 1. The van der Waals surface area contributed by atoms with Crippen LogP contribution >= 0.6 is 11.6 Å². The van der Waals surface area contributed by atoms with Gasteiger partial charge in [0.15, 0.2) is 0 Å². The predicted octanol–water partition coefficient (Wildman–Crippen LogP) is 3.47. The van der Waals surface area contributed by atoms with Crippen molar-refractivity contribution in [2.45, 2.75) is 32.1 Å². The first-order valence-electron chi connectivity index (χ1n) is 8.50. The standard InChI is InChI=1S/C19H21ClN2O3/c1-3-15(20)18(23)22-10-9-13-12-7-5-6-8-16(12)21-17(13)14(11-22)19(24)25-4-2/h5-8,11,15,21H,3-4,9-10H2,1-2H3. The fourth-order valence-corrected chi connectivity index (χ4v) is 3.22. The molecule has 0 aliphatic carbocycles. The van der Waals surface area contributed by atoms with Gasteiger partial charge in [0.1, 0.15) is 5.38 Å². The van der Waals surface area contributed by atoms with Gasteiger partial charge in [0.2, 0.25) is 5.91 Å². The summed E-state index contributed by atoms with van der Waals surface area (Å²) in [6, 6.07) is 7.90. The Morgan fingerprint density at radius 2 is 2.08 bits per heavy atom. The zero-order chi connectivity index (χ0) is 18.0. The number of para-hydroxylation sites is 1. The minimum atomic E-state index is -0.604. The Kier molecular flexibility index (Phi) is 5.13. The van der Waals surface area contributed by atoms with Crippen molar-refractivity contribution in [1.82, 2.24) is 9.88 Å². The van der Waals surface area contributed by atoms with Gasteiger partial charge >= 0.3 is 5.97 Å². The summed E-state index contributed by atoms with van der Waals surface area (Å²) in [5.74, 6) is -0.641. The molecule has 1 aromatic heterocycles. The number of fused-ring (bicyclic) bond motifs is 3. The van der Waals surface area contributed by atoms with Crippen LogP contribution in [-0.2, 0) is 20.7 Å². The molecule has 0 bridgehead atoms. The minimum absolute atomic E-state index is 0.194. The fourth-order valence-electron chi connectivity index (χ4n) is 3.10. The molecule has 0 saturated heterocycles. The van der Waals surface area contributed by atoms with Crippen molar-refractivity contribution >= 4 is 40.0 Å². The third-order valence-electron chi connectivity index (χ3n) is 4.38. The van der Waals surface area contributed by atoms with E-state index >= 15 is 0 Å². The van der Waals surface area contributed by atoms with Crippen molar-refractivity contribution in [3.05, 3.63) is 41.7 Å². The number of hydrogen-bond acceptors (Lipinski definition) is 3. The monoisotopic (exact) mass is 360 g/mol. The molecule has 2 heterocycles. The highest BCUT2D eigenvalue weighted by Crippen LogP contribution is 2.31. The van der Waals surface area contributed by atoms with Crippen LogP contribution in [0.1, 0.15) is 31.5 Å². The number of amides is 1. The van der Waals surface area contributed by atoms with Gasteiger partial charge in [-0.2, -0.15) is 0 Å². The summed E-state index contributed by atoms with van der Waals surface area (Å²) < 4.78 is 5.21. The Morgan fingerprint density at radius 3 is 2.80 bits per heavy atom. The first-order valence-corrected chi connectivity index (χ1v) is 8.93. The summed E-state index contributed by atoms with van der Waals surface area (Å²) in [6.45, 7) is 4.36. The number of ether oxygens (including phenoxy) is 1. The highest BCUT2D eigenvalue weighted by atomic mass is 35.5. The Labute approximate surface area is 151 Å². The number of alkyl halides is 1. The Hall–Kier alpha value is -2.27. The van der Waals surface area contributed by atoms with Gasteiger partial charge in [0.05, 0.1) is 17.9 Å². The minimum Gasteiger partial charge on any atom is -0.462 e. The van der Waals surface area contributed by atoms with Gasteiger partial charge < -0.3 is 14.6 Å². The highest BCUT2D eigenvalue weighted by Gasteiger charge is 2.28. The average Bonchev–Trinajstić information content (AvgIpc) is 2.88. The molecule has 1 amide bonds. The van der Waals surface area contributed by atoms with Crippen LogP contribution in [0.3, 0.4) is 0 Å². The molecule has 1 atom stereocenters. The van der Waals surface area contributed by atoms with Crippen molar-refractivity contribution < 1.29 is 14.3 Å². The number of halogens is 1. The number of nitrogens with one attached hydrogen (secondary N) is 1. The molecular formula is C19H21ClN2O3. The molecule has 0 fully saturated rings. The van der Waals surface area contributed by atoms with Crippen LogP contribution in [0.15, 0.2) is 30.5 Å². The first-order chi connectivity index (χ1) is 12.1. The van der Waals surface area contributed by atoms with Crippen LogP contribution in [0.25, 0.3) is 16.5 Å². The Bertz CT molecular complexity index is 840. The van der Waals surface area contributed by atoms with Crippen LogP contribution < -0.4 is 0 Å². The van der Waals surface area contributed by atoms with Gasteiger partial charge in [-0.3, -0.25) is 4.79 Å². The maximum Gasteiger partial charge on any atom is 0.341 e. The number of H-pyrrole nitrogens is 1. The van der Waals surface area contributed by atoms with Crippen LogP contribution in [0.5, 0.6) is 0 Å². The highest BCUT2D eigenvalue weighted by molar-refractivity contribution is 6.31. The van der Waals surface area contributed by atoms with Crippen molar-refractivity contribution in [3.63, 3.8) is 0 Å². The SMILES string of the molecule is CCOC(=O)C1=CN(C(=O)C(Cl)CC)CCc2c1[nH]c1ccccc21. The van der Waals surface area contributed by atoms with Crippen molar-refractivity contribution in [3.8, 4) is 0 Å². The fraction of sp³-hybridized carbons (Fsp3) is 0.368. The largest absolute Gasteiger partial charge is 0.462 e. The van der Waals surface area contributed by atoms with E-state index in [1.165, 1.54) is 4.90 Å². The molecule has 3 rings (SSSR count). The molecule has 1 unspecified atom stereocenters. The molecular weight excluding hydrogens is 340 g/mol. The Balaban J connectivity index is 2.10. The van der Waals surface area contributed by atoms with Gasteiger partial charge in [-0.1, -0.05) is 25.1 Å². The van der Waals surface area contributed by atoms with E-state index < -0.39 is 11.3 Å². The lowest BCUT2D eigenvalue weighted by Gasteiger charge is -2.20. The average molecular weight is 361 g/mol. The van der Waals surface area contributed by atoms with Gasteiger partial charge in [-0.25, -0.2) is 4.79 Å². The van der Waals surface area contributed by atoms with E-state index in [4.69, 9.17) is 16.3 Å². The van der Waals surface area contributed by atoms with Crippen LogP contribution in [-0.4, -0.2) is 40.3 Å². The molecule has 5 nitrogen and oxygen atoms in total. The summed E-state index contributed by atoms with van der Waals surface area (Å²) in [5.41, 5.74) is 3.07. The van der Waals surface area contributed by atoms with E-state index in [0.717, 1.165) is 22.2 Å². The molecule has 1 N–H and O–H groups in total. The van der Waals surface area contributed by atoms with Gasteiger partial charge in [0.25, 0.3) is 0 Å². The molecule has 132 valence electrons. The summed E-state index contributed by atoms with van der Waals surface area (Å²) >= 11 is 6.13. The number of esters is 1. The molecule has 25 heavy (non-hydrogen) atoms. The van der Waals surface area contributed by atoms with Gasteiger partial charge in [-0.05, 0) is 31.4 Å². The number of benzene rings is 1. The maximum atomic E-state index is 12.5. The van der Waals surface area contributed by atoms with E-state index in [1.54, 1.807) is 13.1 Å². The van der Waals surface area contributed by atoms with Crippen molar-refractivity contribution in [1.29, 1.82) is 0 Å². The van der Waals surface area contributed by atoms with Gasteiger partial charge in [0, 0.05) is 23.6 Å². The number of aromatic nitrogens is 1. The van der Waals surface area contributed by atoms with E-state index in [2.05, 4.69) is 4.98 Å². The summed E-state index contributed by atoms with van der Waals surface area (Å²) in [5, 5.41) is 0.452. The zero-order valence-electron chi connectivity index (χ0n) is 14.3. The van der Waals surface area contributed by atoms with Crippen molar-refractivity contribution in [2.24, 2.45) is 0 Å². The number of carbonyl (C=O) groups excluding carboxylic acids is 2. The second-order valence-electron chi connectivity index (χ2n) is 5.94. The number of hydrogen-bond donors (Lipinski definition) is 1. The topological polar surface area (TPSA) is 62.4 Å². The lowest BCUT2D eigenvalue weighted by atomic mass is 10.0. The smallest absolute Gasteiger partial charge is 0.341 e. The Morgan fingerprint density at radius 1 is 1.32 bits per heavy atom. The second-order valence-corrected chi connectivity index (χ2v) is 6.47. The molecule has 0 radical (unpaired) electrons. The maximum absolute atomic E-state index is 12.5. The lowest BCUT2D eigenvalue weighted by molar-refractivity contribution is -0.136. The third kappa shape index (κ3) is 3.29. The van der Waals surface area contributed by atoms with E-state index in [-0.39, 0.29) is 12.5 Å². The molecule has 1 aliphatic rings. The van der Waals surface area contributed by atoms with Crippen LogP contribution in [0.2, 0.25) is 0 Å². The van der Waals surface area contributed by atoms with E-state index in [1.807, 2.05) is 31.2 Å². The third-order valence-corrected chi connectivity index (χ3v) is 4.87. The quantitative estimate of drug-likeness (QED) is 0.670. The van der Waals surface area contributed by atoms with E-state index in [9.17, 15) is 9.59 Å². The summed E-state index contributed by atoms with van der Waals surface area (Å²) in [7, 11) is 0. The van der Waals surface area contributed by atoms with Crippen LogP contribution in [0.4, 0.5) is 0 Å². The number of rotatable bonds is 4. The predicted molar refractivity (Wildman–Crippen MR) is 98.3 cm³/mol. The van der Waals surface area contributed by atoms with Crippen LogP contribution in [0, 0.1) is 0 Å². The molecule has 0 saturated carbocycles. The van der Waals surface area contributed by atoms with Crippen molar-refractivity contribution in [2.75, 3.05) is 13.2 Å². The number of nitrogens with zero attached hydrogens (tertiary/aromatic N) is 1. The number of carbonyl (C=O) groups is 2. The van der Waals surface area contributed by atoms with E-state index in [0.29, 0.717) is 25.0 Å². The zero-order valence-corrected chi connectivity index (χ0v) is 15.1. The summed E-state index contributed by atoms with van der Waals surface area (Å²) in [6.07, 6.45) is 2.75. The summed E-state index contributed by atoms with van der Waals surface area (Å²) in [4.78, 5) is 29.9.